The molecule has 0 saturated heterocycles. The van der Waals surface area contributed by atoms with Gasteiger partial charge in [0.1, 0.15) is 0 Å². The van der Waals surface area contributed by atoms with Crippen molar-refractivity contribution in [3.05, 3.63) is 0 Å². The van der Waals surface area contributed by atoms with Gasteiger partial charge in [0.15, 0.2) is 0 Å². The molecule has 0 aliphatic heterocycles. The van der Waals surface area contributed by atoms with Gasteiger partial charge in [-0.1, -0.05) is 27.2 Å². The Kier molecular flexibility index (Phi) is 9.42. The van der Waals surface area contributed by atoms with Crippen molar-refractivity contribution in [1.29, 1.82) is 0 Å². The van der Waals surface area contributed by atoms with Crippen molar-refractivity contribution in [3.8, 4) is 0 Å². The van der Waals surface area contributed by atoms with Gasteiger partial charge in [-0.25, -0.2) is 0 Å². The molecule has 0 aromatic carbocycles. The summed E-state index contributed by atoms with van der Waals surface area (Å²) in [5.74, 6) is 0.708. The van der Waals surface area contributed by atoms with Gasteiger partial charge in [0.05, 0.1) is 0 Å². The van der Waals surface area contributed by atoms with Crippen LogP contribution in [0.5, 0.6) is 0 Å². The van der Waals surface area contributed by atoms with E-state index in [0.717, 1.165) is 32.5 Å². The van der Waals surface area contributed by atoms with E-state index in [9.17, 15) is 0 Å². The first-order valence-electron chi connectivity index (χ1n) is 6.04. The van der Waals surface area contributed by atoms with Crippen LogP contribution in [0.15, 0.2) is 0 Å². The molecular weight excluding hydrogens is 174 g/mol. The highest BCUT2D eigenvalue weighted by Gasteiger charge is 2.01. The monoisotopic (exact) mass is 201 g/mol. The second-order valence-electron chi connectivity index (χ2n) is 4.28. The van der Waals surface area contributed by atoms with Gasteiger partial charge in [-0.05, 0) is 31.6 Å². The minimum absolute atomic E-state index is 0.367. The van der Waals surface area contributed by atoms with Gasteiger partial charge in [0, 0.05) is 19.3 Å². The third-order valence-corrected chi connectivity index (χ3v) is 2.57. The number of rotatable bonds is 9. The molecule has 2 unspecified atom stereocenters. The maximum absolute atomic E-state index is 5.81. The summed E-state index contributed by atoms with van der Waals surface area (Å²) in [7, 11) is 0. The molecule has 0 aliphatic rings. The molecule has 0 aromatic heterocycles. The molecule has 0 amide bonds. The van der Waals surface area contributed by atoms with Crippen LogP contribution in [0.25, 0.3) is 0 Å². The second-order valence-corrected chi connectivity index (χ2v) is 4.28. The minimum Gasteiger partial charge on any atom is -0.381 e. The van der Waals surface area contributed by atoms with Crippen molar-refractivity contribution in [2.45, 2.75) is 58.9 Å². The molecule has 2 nitrogen and oxygen atoms in total. The molecule has 2 heteroatoms. The summed E-state index contributed by atoms with van der Waals surface area (Å²) in [6.07, 6.45) is 5.80. The molecule has 0 aromatic rings. The highest BCUT2D eigenvalue weighted by Crippen LogP contribution is 2.06. The van der Waals surface area contributed by atoms with Gasteiger partial charge >= 0.3 is 0 Å². The first kappa shape index (κ1) is 13.9. The summed E-state index contributed by atoms with van der Waals surface area (Å²) in [5.41, 5.74) is 5.81. The van der Waals surface area contributed by atoms with E-state index in [0.29, 0.717) is 12.0 Å². The van der Waals surface area contributed by atoms with Gasteiger partial charge in [-0.2, -0.15) is 0 Å². The van der Waals surface area contributed by atoms with Crippen molar-refractivity contribution in [3.63, 3.8) is 0 Å². The van der Waals surface area contributed by atoms with Crippen LogP contribution < -0.4 is 5.73 Å². The van der Waals surface area contributed by atoms with E-state index >= 15 is 0 Å². The number of nitrogens with two attached hydrogens (primary N) is 1. The lowest BCUT2D eigenvalue weighted by molar-refractivity contribution is 0.0976. The summed E-state index contributed by atoms with van der Waals surface area (Å²) in [6.45, 7) is 8.39. The predicted molar refractivity (Wildman–Crippen MR) is 62.4 cm³/mol. The van der Waals surface area contributed by atoms with Crippen LogP contribution in [0.3, 0.4) is 0 Å². The highest BCUT2D eigenvalue weighted by molar-refractivity contribution is 4.57. The van der Waals surface area contributed by atoms with E-state index in [-0.39, 0.29) is 0 Å². The Labute approximate surface area is 89.2 Å². The highest BCUT2D eigenvalue weighted by atomic mass is 16.5. The van der Waals surface area contributed by atoms with Crippen molar-refractivity contribution in [2.75, 3.05) is 13.2 Å². The molecule has 0 radical (unpaired) electrons. The average Bonchev–Trinajstić information content (AvgIpc) is 2.17. The van der Waals surface area contributed by atoms with E-state index in [1.54, 1.807) is 0 Å². The Morgan fingerprint density at radius 1 is 1.21 bits per heavy atom. The van der Waals surface area contributed by atoms with Crippen LogP contribution in [0.1, 0.15) is 52.9 Å². The Hall–Kier alpha value is -0.0800. The van der Waals surface area contributed by atoms with Crippen molar-refractivity contribution in [1.82, 2.24) is 0 Å². The lowest BCUT2D eigenvalue weighted by Crippen LogP contribution is -2.19. The maximum atomic E-state index is 5.81. The minimum atomic E-state index is 0.367. The first-order chi connectivity index (χ1) is 6.70. The van der Waals surface area contributed by atoms with E-state index in [2.05, 4.69) is 20.8 Å². The van der Waals surface area contributed by atoms with Gasteiger partial charge in [0.25, 0.3) is 0 Å². The number of hydrogen-bond acceptors (Lipinski definition) is 2. The van der Waals surface area contributed by atoms with Crippen LogP contribution in [0, 0.1) is 5.92 Å². The van der Waals surface area contributed by atoms with Crippen LogP contribution in [0.4, 0.5) is 0 Å². The van der Waals surface area contributed by atoms with Gasteiger partial charge in [-0.15, -0.1) is 0 Å². The second kappa shape index (κ2) is 9.47. The van der Waals surface area contributed by atoms with Gasteiger partial charge < -0.3 is 10.5 Å². The van der Waals surface area contributed by atoms with E-state index in [4.69, 9.17) is 10.5 Å². The fraction of sp³-hybridized carbons (Fsp3) is 1.00. The zero-order valence-electron chi connectivity index (χ0n) is 10.1. The van der Waals surface area contributed by atoms with Gasteiger partial charge in [-0.3, -0.25) is 0 Å². The molecular formula is C12H27NO. The van der Waals surface area contributed by atoms with Gasteiger partial charge in [0.2, 0.25) is 0 Å². The average molecular weight is 201 g/mol. The smallest absolute Gasteiger partial charge is 0.0491 e. The SMILES string of the molecule is CCCC(C)COCCCC(N)CC. The molecule has 0 fully saturated rings. The Balaban J connectivity index is 3.13. The molecule has 2 atom stereocenters. The van der Waals surface area contributed by atoms with Crippen molar-refractivity contribution in [2.24, 2.45) is 11.7 Å². The van der Waals surface area contributed by atoms with Crippen LogP contribution in [-0.2, 0) is 4.74 Å². The normalized spacial score (nSPS) is 15.4. The van der Waals surface area contributed by atoms with Crippen LogP contribution >= 0.6 is 0 Å². The molecule has 0 spiro atoms. The number of ether oxygens (including phenoxy) is 1. The zero-order valence-corrected chi connectivity index (χ0v) is 10.1. The van der Waals surface area contributed by atoms with E-state index < -0.39 is 0 Å². The molecule has 86 valence electrons. The molecule has 14 heavy (non-hydrogen) atoms. The predicted octanol–water partition coefficient (Wildman–Crippen LogP) is 2.96. The Morgan fingerprint density at radius 2 is 1.93 bits per heavy atom. The molecule has 0 heterocycles. The molecule has 0 rings (SSSR count). The molecule has 0 saturated carbocycles. The number of hydrogen-bond donors (Lipinski definition) is 1. The fourth-order valence-corrected chi connectivity index (χ4v) is 1.51. The van der Waals surface area contributed by atoms with Crippen molar-refractivity contribution >= 4 is 0 Å². The van der Waals surface area contributed by atoms with Crippen LogP contribution in [0.2, 0.25) is 0 Å². The fourth-order valence-electron chi connectivity index (χ4n) is 1.51. The van der Waals surface area contributed by atoms with Crippen LogP contribution in [-0.4, -0.2) is 19.3 Å². The van der Waals surface area contributed by atoms with E-state index in [1.165, 1.54) is 12.8 Å². The summed E-state index contributed by atoms with van der Waals surface area (Å²) in [4.78, 5) is 0. The summed E-state index contributed by atoms with van der Waals surface area (Å²) in [5, 5.41) is 0. The third kappa shape index (κ3) is 8.52. The van der Waals surface area contributed by atoms with Crippen molar-refractivity contribution < 1.29 is 4.74 Å². The third-order valence-electron chi connectivity index (χ3n) is 2.57. The Bertz CT molecular complexity index is 117. The topological polar surface area (TPSA) is 35.2 Å². The lowest BCUT2D eigenvalue weighted by Gasteiger charge is -2.12. The molecule has 0 bridgehead atoms. The molecule has 0 aliphatic carbocycles. The maximum Gasteiger partial charge on any atom is 0.0491 e. The lowest BCUT2D eigenvalue weighted by atomic mass is 10.1. The summed E-state index contributed by atoms with van der Waals surface area (Å²) >= 11 is 0. The molecule has 2 N–H and O–H groups in total. The Morgan fingerprint density at radius 3 is 2.50 bits per heavy atom. The largest absolute Gasteiger partial charge is 0.381 e. The summed E-state index contributed by atoms with van der Waals surface area (Å²) in [6, 6.07) is 0.367. The summed E-state index contributed by atoms with van der Waals surface area (Å²) < 4.78 is 5.59. The van der Waals surface area contributed by atoms with E-state index in [1.807, 2.05) is 0 Å². The first-order valence-corrected chi connectivity index (χ1v) is 6.04. The quantitative estimate of drug-likeness (QED) is 0.582. The zero-order chi connectivity index (χ0) is 10.8. The standard InChI is InChI=1S/C12H27NO/c1-4-7-11(3)10-14-9-6-8-12(13)5-2/h11-12H,4-10,13H2,1-3H3.